The van der Waals surface area contributed by atoms with Crippen molar-refractivity contribution in [3.05, 3.63) is 267 Å². The molecule has 11 aromatic carbocycles. The lowest BCUT2D eigenvalue weighted by Gasteiger charge is -2.35. The van der Waals surface area contributed by atoms with Crippen molar-refractivity contribution >= 4 is 104 Å². The highest BCUT2D eigenvalue weighted by Crippen LogP contribution is 2.43. The van der Waals surface area contributed by atoms with Crippen LogP contribution in [0.1, 0.15) is 0 Å². The number of nitrogens with zero attached hydrogens (tertiary/aromatic N) is 2. The van der Waals surface area contributed by atoms with Crippen molar-refractivity contribution < 1.29 is 0 Å². The highest BCUT2D eigenvalue weighted by Gasteiger charge is 2.41. The third-order valence-electron chi connectivity index (χ3n) is 14.7. The summed E-state index contributed by atoms with van der Waals surface area (Å²) in [5.41, 5.74) is 12.0. The number of benzene rings is 11. The van der Waals surface area contributed by atoms with Crippen molar-refractivity contribution in [2.45, 2.75) is 0 Å². The smallest absolute Gasteiger partial charge is 0.179 e. The van der Waals surface area contributed by atoms with Crippen LogP contribution in [-0.4, -0.2) is 17.2 Å². The first-order valence-electron chi connectivity index (χ1n) is 24.1. The second-order valence-corrected chi connectivity index (χ2v) is 23.3. The lowest BCUT2D eigenvalue weighted by molar-refractivity contribution is 1.17. The van der Waals surface area contributed by atoms with Gasteiger partial charge in [-0.2, -0.15) is 0 Å². The van der Waals surface area contributed by atoms with Gasteiger partial charge >= 0.3 is 0 Å². The van der Waals surface area contributed by atoms with Crippen LogP contribution in [0.4, 0.5) is 0 Å². The third kappa shape index (κ3) is 6.17. The number of rotatable bonds is 8. The van der Waals surface area contributed by atoms with E-state index in [-0.39, 0.29) is 0 Å². The molecule has 14 rings (SSSR count). The lowest BCUT2D eigenvalue weighted by atomic mass is 10.00. The van der Waals surface area contributed by atoms with Crippen LogP contribution in [0.2, 0.25) is 0 Å². The van der Waals surface area contributed by atoms with Gasteiger partial charge in [-0.25, -0.2) is 0 Å². The number of hydrogen-bond acceptors (Lipinski definition) is 1. The minimum atomic E-state index is -2.89. The number of hydrogen-bond donors (Lipinski definition) is 0. The number of aromatic nitrogens is 2. The fourth-order valence-corrected chi connectivity index (χ4v) is 17.6. The monoisotopic (exact) mass is 924 g/mol. The first-order valence-corrected chi connectivity index (χ1v) is 26.9. The van der Waals surface area contributed by atoms with Gasteiger partial charge in [-0.15, -0.1) is 11.3 Å². The van der Waals surface area contributed by atoms with Crippen LogP contribution in [0.5, 0.6) is 0 Å². The molecule has 70 heavy (non-hydrogen) atoms. The molecular weight excluding hydrogens is 881 g/mol. The van der Waals surface area contributed by atoms with E-state index in [0.29, 0.717) is 0 Å². The Morgan fingerprint density at radius 1 is 0.286 bits per heavy atom. The highest BCUT2D eigenvalue weighted by atomic mass is 32.1. The average Bonchev–Trinajstić information content (AvgIpc) is 4.10. The Morgan fingerprint density at radius 2 is 0.843 bits per heavy atom. The van der Waals surface area contributed by atoms with Crippen molar-refractivity contribution in [2.75, 3.05) is 0 Å². The van der Waals surface area contributed by atoms with Gasteiger partial charge in [0.2, 0.25) is 0 Å². The van der Waals surface area contributed by atoms with Crippen LogP contribution in [0.3, 0.4) is 0 Å². The van der Waals surface area contributed by atoms with Crippen molar-refractivity contribution in [3.63, 3.8) is 0 Å². The summed E-state index contributed by atoms with van der Waals surface area (Å²) in [7, 11) is -2.89. The molecule has 14 aromatic rings. The summed E-state index contributed by atoms with van der Waals surface area (Å²) in [6.07, 6.45) is 0. The molecule has 3 aromatic heterocycles. The first kappa shape index (κ1) is 40.5. The van der Waals surface area contributed by atoms with E-state index in [2.05, 4.69) is 276 Å². The fraction of sp³-hybridized carbons (Fsp3) is 0. The van der Waals surface area contributed by atoms with Crippen molar-refractivity contribution in [1.82, 2.24) is 9.13 Å². The largest absolute Gasteiger partial charge is 0.309 e. The van der Waals surface area contributed by atoms with Crippen molar-refractivity contribution in [2.24, 2.45) is 0 Å². The number of thiophene rings is 1. The molecule has 4 heteroatoms. The summed E-state index contributed by atoms with van der Waals surface area (Å²) in [6.45, 7) is 0. The predicted molar refractivity (Wildman–Crippen MR) is 302 cm³/mol. The van der Waals surface area contributed by atoms with Crippen LogP contribution in [-0.2, 0) is 0 Å². The van der Waals surface area contributed by atoms with E-state index in [1.165, 1.54) is 107 Å². The summed E-state index contributed by atoms with van der Waals surface area (Å²) in [6, 6.07) is 99.6. The van der Waals surface area contributed by atoms with Gasteiger partial charge in [-0.1, -0.05) is 212 Å². The maximum absolute atomic E-state index is 2.89. The first-order chi connectivity index (χ1) is 34.7. The number of para-hydroxylation sites is 3. The SMILES string of the molecule is c1ccc(-n2c3cc(-c4ccc([Si](c5ccccc5)(c5ccccc5)c5cccc(-c6cccc7sc8ccccc8c67)c5)cc4)ccc3c3c2ccc2c4ccccc4n(-c4ccccc4)c23)cc1. The highest BCUT2D eigenvalue weighted by molar-refractivity contribution is 7.26. The molecule has 0 aliphatic carbocycles. The molecule has 0 saturated heterocycles. The number of fused-ring (bicyclic) bond motifs is 10. The minimum absolute atomic E-state index is 1.14. The second-order valence-electron chi connectivity index (χ2n) is 18.4. The normalized spacial score (nSPS) is 12.0. The molecule has 0 bridgehead atoms. The molecule has 0 saturated carbocycles. The standard InChI is InChI=1S/C66H44N2SSi/c1-5-20-48(21-6-1)67-60-42-41-56-55-29-13-15-32-59(55)68(49-22-7-2-8-23-49)66(56)65(60)57-40-37-46(44-61(57)67)45-35-38-52(39-36-45)70(50-24-9-3-10-25-50,51-26-11-4-12-27-51)53-28-17-19-47(43-53)54-31-18-34-63-64(54)58-30-14-16-33-62(58)69-63/h1-44H. The molecule has 0 fully saturated rings. The van der Waals surface area contributed by atoms with E-state index in [0.717, 1.165) is 11.4 Å². The maximum atomic E-state index is 2.51. The predicted octanol–water partition coefficient (Wildman–Crippen LogP) is 15.0. The fourth-order valence-electron chi connectivity index (χ4n) is 11.7. The van der Waals surface area contributed by atoms with Gasteiger partial charge in [-0.05, 0) is 97.6 Å². The van der Waals surface area contributed by atoms with Gasteiger partial charge in [0.25, 0.3) is 0 Å². The Kier molecular flexibility index (Phi) is 9.44. The molecule has 328 valence electrons. The molecular formula is C66H44N2SSi. The average molecular weight is 925 g/mol. The summed E-state index contributed by atoms with van der Waals surface area (Å²) >= 11 is 1.88. The van der Waals surface area contributed by atoms with Gasteiger partial charge in [0.05, 0.1) is 22.1 Å². The molecule has 0 aliphatic heterocycles. The molecule has 0 N–H and O–H groups in total. The van der Waals surface area contributed by atoms with E-state index in [1.807, 2.05) is 11.3 Å². The van der Waals surface area contributed by atoms with Crippen LogP contribution in [0.25, 0.3) is 97.4 Å². The zero-order valence-corrected chi connectivity index (χ0v) is 40.0. The van der Waals surface area contributed by atoms with Crippen LogP contribution in [0, 0.1) is 0 Å². The quantitative estimate of drug-likeness (QED) is 0.106. The van der Waals surface area contributed by atoms with E-state index < -0.39 is 8.07 Å². The summed E-state index contributed by atoms with van der Waals surface area (Å²) in [4.78, 5) is 0. The molecule has 0 unspecified atom stereocenters. The topological polar surface area (TPSA) is 9.86 Å². The van der Waals surface area contributed by atoms with Gasteiger partial charge in [0.15, 0.2) is 8.07 Å². The Bertz CT molecular complexity index is 4230. The Morgan fingerprint density at radius 3 is 1.57 bits per heavy atom. The zero-order chi connectivity index (χ0) is 46.2. The Balaban J connectivity index is 0.972. The molecule has 0 spiro atoms. The summed E-state index contributed by atoms with van der Waals surface area (Å²) in [5, 5.41) is 13.1. The molecule has 0 radical (unpaired) electrons. The third-order valence-corrected chi connectivity index (χ3v) is 20.6. The summed E-state index contributed by atoms with van der Waals surface area (Å²) in [5.74, 6) is 0. The maximum Gasteiger partial charge on any atom is 0.179 e. The second kappa shape index (κ2) is 16.3. The van der Waals surface area contributed by atoms with Gasteiger partial charge in [-0.3, -0.25) is 0 Å². The Labute approximate surface area is 411 Å². The zero-order valence-electron chi connectivity index (χ0n) is 38.2. The van der Waals surface area contributed by atoms with Gasteiger partial charge < -0.3 is 9.13 Å². The van der Waals surface area contributed by atoms with E-state index >= 15 is 0 Å². The summed E-state index contributed by atoms with van der Waals surface area (Å²) < 4.78 is 7.57. The van der Waals surface area contributed by atoms with Gasteiger partial charge in [0, 0.05) is 53.1 Å². The molecule has 3 heterocycles. The Hall–Kier alpha value is -8.54. The minimum Gasteiger partial charge on any atom is -0.309 e. The van der Waals surface area contributed by atoms with E-state index in [4.69, 9.17) is 0 Å². The lowest BCUT2D eigenvalue weighted by Crippen LogP contribution is -2.74. The van der Waals surface area contributed by atoms with Crippen LogP contribution >= 0.6 is 11.3 Å². The van der Waals surface area contributed by atoms with Crippen LogP contribution < -0.4 is 20.7 Å². The van der Waals surface area contributed by atoms with Crippen molar-refractivity contribution in [1.29, 1.82) is 0 Å². The molecule has 0 atom stereocenters. The molecule has 0 aliphatic rings. The van der Waals surface area contributed by atoms with Crippen LogP contribution in [0.15, 0.2) is 267 Å². The molecule has 2 nitrogen and oxygen atoms in total. The van der Waals surface area contributed by atoms with Gasteiger partial charge in [0.1, 0.15) is 0 Å². The van der Waals surface area contributed by atoms with E-state index in [9.17, 15) is 0 Å². The van der Waals surface area contributed by atoms with E-state index in [1.54, 1.807) is 0 Å². The molecule has 0 amide bonds. The van der Waals surface area contributed by atoms with Crippen molar-refractivity contribution in [3.8, 4) is 33.6 Å².